The molecule has 4 aliphatic rings. The summed E-state index contributed by atoms with van der Waals surface area (Å²) in [5.74, 6) is 1.96. The molecule has 0 aliphatic heterocycles. The molecule has 4 aromatic carbocycles. The van der Waals surface area contributed by atoms with E-state index in [2.05, 4.69) is 435 Å². The molecule has 0 nitrogen and oxygen atoms in total. The summed E-state index contributed by atoms with van der Waals surface area (Å²) in [6, 6.07) is 0. The van der Waals surface area contributed by atoms with E-state index in [4.69, 9.17) is 0 Å². The zero-order valence-electron chi connectivity index (χ0n) is 86.2. The molecule has 0 heterocycles. The maximum atomic E-state index is 3.58. The van der Waals surface area contributed by atoms with Crippen molar-refractivity contribution in [3.63, 3.8) is 0 Å². The van der Waals surface area contributed by atoms with Gasteiger partial charge in [-0.25, -0.2) is 36.5 Å². The first-order chi connectivity index (χ1) is 57.1. The second kappa shape index (κ2) is 54.0. The molecule has 0 atom stereocenters. The van der Waals surface area contributed by atoms with Crippen LogP contribution in [0.1, 0.15) is 329 Å². The van der Waals surface area contributed by atoms with E-state index >= 15 is 0 Å². The first kappa shape index (κ1) is 122. The largest absolute Gasteiger partial charge is 2.00 e. The van der Waals surface area contributed by atoms with E-state index in [1.54, 1.807) is 11.1 Å². The van der Waals surface area contributed by atoms with Gasteiger partial charge < -0.3 is 58.7 Å². The Morgan fingerprint density at radius 3 is 0.695 bits per heavy atom. The third kappa shape index (κ3) is 29.2. The Morgan fingerprint density at radius 1 is 0.266 bits per heavy atom. The van der Waals surface area contributed by atoms with Gasteiger partial charge in [-0.05, 0) is 213 Å². The van der Waals surface area contributed by atoms with Crippen molar-refractivity contribution in [2.24, 2.45) is 23.7 Å². The number of fused-ring (bicyclic) bond motifs is 5. The summed E-state index contributed by atoms with van der Waals surface area (Å²) in [5.41, 5.74) is 56.7. The van der Waals surface area contributed by atoms with Gasteiger partial charge in [-0.15, -0.1) is 94.9 Å². The van der Waals surface area contributed by atoms with E-state index in [0.717, 1.165) is 79.7 Å². The topological polar surface area (TPSA) is 0 Å². The molecule has 4 aliphatic carbocycles. The van der Waals surface area contributed by atoms with Gasteiger partial charge in [0.25, 0.3) is 0 Å². The molecule has 0 saturated heterocycles. The Balaban J connectivity index is 0.00000122. The van der Waals surface area contributed by atoms with Crippen molar-refractivity contribution in [2.45, 2.75) is 301 Å². The second-order valence-electron chi connectivity index (χ2n) is 37.3. The van der Waals surface area contributed by atoms with Crippen LogP contribution in [0.25, 0.3) is 47.6 Å². The normalized spacial score (nSPS) is 16.4. The van der Waals surface area contributed by atoms with Crippen LogP contribution in [0.3, 0.4) is 0 Å². The van der Waals surface area contributed by atoms with E-state index in [0.29, 0.717) is 23.7 Å². The Labute approximate surface area is 905 Å². The van der Waals surface area contributed by atoms with Gasteiger partial charge in [-0.1, -0.05) is 195 Å². The van der Waals surface area contributed by atoms with Crippen LogP contribution in [-0.2, 0) is 113 Å². The summed E-state index contributed by atoms with van der Waals surface area (Å²) in [7, 11) is 0. The van der Waals surface area contributed by atoms with Crippen LogP contribution in [-0.4, -0.2) is 0 Å². The quantitative estimate of drug-likeness (QED) is 0.0434. The van der Waals surface area contributed by atoms with E-state index < -0.39 is 0 Å². The molecule has 0 amide bonds. The van der Waals surface area contributed by atoms with Crippen molar-refractivity contribution in [2.75, 3.05) is 0 Å². The summed E-state index contributed by atoms with van der Waals surface area (Å²) >= 11 is 0. The van der Waals surface area contributed by atoms with Crippen molar-refractivity contribution in [1.82, 2.24) is 0 Å². The third-order valence-electron chi connectivity index (χ3n) is 27.1. The molecule has 0 unspecified atom stereocenters. The Morgan fingerprint density at radius 2 is 0.469 bits per heavy atom. The SMILES string of the molecule is CC(=[C-]/C=C/[C-]=C(C)C(C)=[C-]C(C)C)C(C)=[C-]/C=C/c1c(C)c(C)c2c(c1C)C(C)(C)c1c(C)c(/C=C/[C-]=C(C)C(C)=[C-]/C=C/C3=C(C)C(C)=C(C(C)C)C3)c(C)c(C)c1-2.CC(=[C-]/C=C/[C-]=C(C)C(C)=[C-]C(C)C)C(C)=[C-]/C=C/c1c(C)c(C)c2c(c1C)C(C)(C)c1c(C)c(/C=C/[C-]=C(C)C(C)=[C-]/C=C/C3=C(C)C(C)=C(C(C)C)C3)c(C)c(C)c1C=C2.[U+2].[U+2].[V+2].[V+2].[Y].[Y]. The van der Waals surface area contributed by atoms with Crippen LogP contribution in [0, 0.1) is 242 Å². The van der Waals surface area contributed by atoms with E-state index in [1.807, 2.05) is 24.3 Å². The smallest absolute Gasteiger partial charge is 0.349 e. The molecule has 0 fully saturated rings. The molecule has 0 N–H and O–H groups in total. The zero-order valence-corrected chi connectivity index (χ0v) is 103. The summed E-state index contributed by atoms with van der Waals surface area (Å²) in [6.07, 6.45) is 82.3. The van der Waals surface area contributed by atoms with E-state index in [-0.39, 0.29) is 176 Å². The minimum atomic E-state index is -0.251. The number of allylic oxidation sites excluding steroid dienone is 44. The number of rotatable bonds is 26. The molecular weight excluding hydrogens is 2220 g/mol. The van der Waals surface area contributed by atoms with Crippen LogP contribution in [0.2, 0.25) is 0 Å². The zero-order chi connectivity index (χ0) is 91.3. The molecule has 4 radical (unpaired) electrons. The summed E-state index contributed by atoms with van der Waals surface area (Å²) < 4.78 is 0. The van der Waals surface area contributed by atoms with Crippen molar-refractivity contribution in [1.29, 1.82) is 0 Å². The fraction of sp³-hybridized carbons (Fsp3) is 0.393. The number of benzene rings is 4. The molecule has 0 bridgehead atoms. The minimum Gasteiger partial charge on any atom is -0.349 e. The van der Waals surface area contributed by atoms with Gasteiger partial charge in [-0.2, -0.15) is 72.9 Å². The van der Waals surface area contributed by atoms with Crippen LogP contribution in [0.15, 0.2) is 184 Å². The average Bonchev–Trinajstić information content (AvgIpc) is 1.58. The fourth-order valence-electron chi connectivity index (χ4n) is 18.3. The first-order valence-corrected chi connectivity index (χ1v) is 44.6. The maximum Gasteiger partial charge on any atom is 2.00 e. The van der Waals surface area contributed by atoms with Gasteiger partial charge in [0.2, 0.25) is 0 Å². The summed E-state index contributed by atoms with van der Waals surface area (Å²) in [4.78, 5) is 0. The minimum absolute atomic E-state index is 0. The van der Waals surface area contributed by atoms with Crippen molar-refractivity contribution in [3.05, 3.63) is 380 Å². The van der Waals surface area contributed by atoms with Gasteiger partial charge in [0.05, 0.1) is 0 Å². The number of hydrogen-bond acceptors (Lipinski definition) is 0. The predicted octanol–water partition coefficient (Wildman–Crippen LogP) is 34.1. The summed E-state index contributed by atoms with van der Waals surface area (Å²) in [5, 5.41) is 0. The van der Waals surface area contributed by atoms with Gasteiger partial charge in [-0.3, -0.25) is 68.9 Å². The molecule has 128 heavy (non-hydrogen) atoms. The third-order valence-corrected chi connectivity index (χ3v) is 27.1. The molecule has 0 spiro atoms. The fourth-order valence-corrected chi connectivity index (χ4v) is 18.3. The van der Waals surface area contributed by atoms with Crippen molar-refractivity contribution in [3.8, 4) is 11.1 Å². The molecule has 662 valence electrons. The molecule has 0 saturated carbocycles. The molecule has 4 aromatic rings. The van der Waals surface area contributed by atoms with Gasteiger partial charge in [0.1, 0.15) is 0 Å². The molecule has 0 aromatic heterocycles. The van der Waals surface area contributed by atoms with E-state index in [1.165, 1.54) is 167 Å². The maximum absolute atomic E-state index is 3.58. The van der Waals surface area contributed by atoms with Crippen LogP contribution in [0.4, 0.5) is 0 Å². The van der Waals surface area contributed by atoms with Crippen molar-refractivity contribution < 1.29 is 165 Å². The van der Waals surface area contributed by atoms with Gasteiger partial charge >= 0.3 is 99.3 Å². The molecule has 6 heteroatoms. The first-order valence-electron chi connectivity index (χ1n) is 44.6. The standard InChI is InChI=1S/C62H74.C60H72.2U.2V.2Y/c1-38(2)36-45(10)44(9)27-22-21-26-40(5)42(7)29-24-32-55-48(13)50(15)57-34-35-58-51(16)49(14)56(53(18)61(58)62(19,20)60(57)52(55)17)33-25-30-43(8)41(6)28-23-31-54-37-59(39(3)4)47(12)46(54)11;1-36(2)34-43(10)42(9)27-22-21-26-38(5)40(7)29-24-32-53-46(13)48(15)56-57-49(16)47(14)54(51(18)59(57)60(19,20)58(56)50(53)17)33-25-30-41(8)39(6)28-23-31-52-35-55(37(3)4)45(12)44(52)11;;;;;;/h21-25,31-35,38-39H,37H2,1-20H3;21-25,31-33,36-37H,35H2,1-20H3;;;;;;/q2*-6;4*+2;;/b2*22-21+,31-23+,32-24+,33-25+;;;;;;. The average molecular weight is 2370 g/mol. The Bertz CT molecular complexity index is 5630. The van der Waals surface area contributed by atoms with Gasteiger partial charge in [0, 0.05) is 76.2 Å². The van der Waals surface area contributed by atoms with Crippen LogP contribution < -0.4 is 0 Å². The Hall–Kier alpha value is -4.14. The van der Waals surface area contributed by atoms with Gasteiger partial charge in [0.15, 0.2) is 0 Å². The number of hydrogen-bond donors (Lipinski definition) is 0. The monoisotopic (exact) mass is 2370 g/mol. The second-order valence-corrected chi connectivity index (χ2v) is 37.3. The molecular formula is C122H146U2V2Y2-4. The Kier molecular flexibility index (Phi) is 51.4. The van der Waals surface area contributed by atoms with Crippen molar-refractivity contribution >= 4 is 36.5 Å². The predicted molar refractivity (Wildman–Crippen MR) is 536 cm³/mol. The van der Waals surface area contributed by atoms with E-state index in [9.17, 15) is 0 Å². The van der Waals surface area contributed by atoms with Crippen LogP contribution in [0.5, 0.6) is 0 Å². The molecule has 8 rings (SSSR count). The summed E-state index contributed by atoms with van der Waals surface area (Å²) in [6.45, 7) is 89.2. The van der Waals surface area contributed by atoms with Crippen LogP contribution >= 0.6 is 0 Å².